The first-order valence-electron chi connectivity index (χ1n) is 5.77. The highest BCUT2D eigenvalue weighted by molar-refractivity contribution is 7.89. The Labute approximate surface area is 122 Å². The van der Waals surface area contributed by atoms with E-state index in [1.165, 1.54) is 16.9 Å². The maximum atomic E-state index is 12.2. The van der Waals surface area contributed by atoms with Gasteiger partial charge in [0.2, 0.25) is 10.0 Å². The van der Waals surface area contributed by atoms with Gasteiger partial charge in [0.1, 0.15) is 10.6 Å². The molecule has 6 nitrogen and oxygen atoms in total. The number of rotatable bonds is 4. The molecule has 0 saturated heterocycles. The first-order valence-corrected chi connectivity index (χ1v) is 7.63. The van der Waals surface area contributed by atoms with Crippen LogP contribution in [0.3, 0.4) is 0 Å². The zero-order valence-corrected chi connectivity index (χ0v) is 12.5. The molecule has 0 unspecified atom stereocenters. The number of benzene rings is 1. The smallest absolute Gasteiger partial charge is 0.244 e. The van der Waals surface area contributed by atoms with E-state index in [1.807, 2.05) is 0 Å². The van der Waals surface area contributed by atoms with Crippen LogP contribution in [0.5, 0.6) is 5.75 Å². The molecule has 20 heavy (non-hydrogen) atoms. The molecular formula is C12H14ClN3O3S. The summed E-state index contributed by atoms with van der Waals surface area (Å²) in [6.45, 7) is 1.56. The van der Waals surface area contributed by atoms with E-state index in [4.69, 9.17) is 11.6 Å². The van der Waals surface area contributed by atoms with E-state index >= 15 is 0 Å². The van der Waals surface area contributed by atoms with Gasteiger partial charge in [0.25, 0.3) is 0 Å². The van der Waals surface area contributed by atoms with Crippen LogP contribution in [0, 0.1) is 6.92 Å². The van der Waals surface area contributed by atoms with Gasteiger partial charge in [0, 0.05) is 25.4 Å². The van der Waals surface area contributed by atoms with E-state index in [1.54, 1.807) is 26.1 Å². The number of aromatic nitrogens is 2. The van der Waals surface area contributed by atoms with Crippen molar-refractivity contribution in [1.29, 1.82) is 0 Å². The van der Waals surface area contributed by atoms with E-state index in [-0.39, 0.29) is 22.2 Å². The number of hydrogen-bond donors (Lipinski definition) is 2. The Morgan fingerprint density at radius 2 is 2.15 bits per heavy atom. The molecule has 8 heteroatoms. The highest BCUT2D eigenvalue weighted by Crippen LogP contribution is 2.27. The van der Waals surface area contributed by atoms with Gasteiger partial charge < -0.3 is 5.11 Å². The number of para-hydroxylation sites is 1. The molecule has 0 amide bonds. The Bertz CT molecular complexity index is 740. The van der Waals surface area contributed by atoms with Gasteiger partial charge in [0.05, 0.1) is 10.7 Å². The van der Waals surface area contributed by atoms with E-state index in [0.29, 0.717) is 11.3 Å². The Morgan fingerprint density at radius 1 is 1.45 bits per heavy atom. The summed E-state index contributed by atoms with van der Waals surface area (Å²) in [7, 11) is -2.04. The van der Waals surface area contributed by atoms with Crippen molar-refractivity contribution in [2.45, 2.75) is 18.4 Å². The molecule has 0 spiro atoms. The topological polar surface area (TPSA) is 84.2 Å². The number of nitrogens with one attached hydrogen (secondary N) is 1. The lowest BCUT2D eigenvalue weighted by molar-refractivity contribution is 0.467. The molecule has 0 aliphatic rings. The summed E-state index contributed by atoms with van der Waals surface area (Å²) in [5.41, 5.74) is 0.818. The van der Waals surface area contributed by atoms with Gasteiger partial charge in [-0.3, -0.25) is 4.68 Å². The van der Waals surface area contributed by atoms with Crippen molar-refractivity contribution in [2.75, 3.05) is 0 Å². The first-order chi connectivity index (χ1) is 9.31. The molecule has 0 fully saturated rings. The van der Waals surface area contributed by atoms with E-state index in [0.717, 1.165) is 0 Å². The van der Waals surface area contributed by atoms with Crippen molar-refractivity contribution in [3.63, 3.8) is 0 Å². The van der Waals surface area contributed by atoms with Crippen LogP contribution < -0.4 is 4.72 Å². The Balaban J connectivity index is 2.22. The van der Waals surface area contributed by atoms with Gasteiger partial charge in [-0.2, -0.15) is 5.10 Å². The molecule has 1 heterocycles. The van der Waals surface area contributed by atoms with Gasteiger partial charge in [-0.05, 0) is 13.0 Å². The number of halogens is 1. The van der Waals surface area contributed by atoms with E-state index in [2.05, 4.69) is 9.82 Å². The molecule has 0 aliphatic carbocycles. The van der Waals surface area contributed by atoms with Gasteiger partial charge in [0.15, 0.2) is 0 Å². The Kier molecular flexibility index (Phi) is 4.03. The average molecular weight is 316 g/mol. The number of sulfonamides is 1. The van der Waals surface area contributed by atoms with E-state index < -0.39 is 10.0 Å². The van der Waals surface area contributed by atoms with Crippen molar-refractivity contribution < 1.29 is 13.5 Å². The van der Waals surface area contributed by atoms with Crippen molar-refractivity contribution in [1.82, 2.24) is 14.5 Å². The summed E-state index contributed by atoms with van der Waals surface area (Å²) in [5, 5.41) is 13.9. The largest absolute Gasteiger partial charge is 0.506 e. The lowest BCUT2D eigenvalue weighted by atomic mass is 10.2. The molecule has 0 atom stereocenters. The van der Waals surface area contributed by atoms with Crippen LogP contribution in [0.15, 0.2) is 29.3 Å². The average Bonchev–Trinajstić information content (AvgIpc) is 2.71. The van der Waals surface area contributed by atoms with Crippen molar-refractivity contribution in [3.05, 3.63) is 40.7 Å². The van der Waals surface area contributed by atoms with Crippen LogP contribution in [0.25, 0.3) is 0 Å². The third kappa shape index (κ3) is 2.95. The molecular weight excluding hydrogens is 302 g/mol. The summed E-state index contributed by atoms with van der Waals surface area (Å²) in [6.07, 6.45) is 1.43. The molecule has 0 bridgehead atoms. The fourth-order valence-corrected chi connectivity index (χ4v) is 3.21. The third-order valence-corrected chi connectivity index (χ3v) is 4.59. The van der Waals surface area contributed by atoms with Crippen molar-refractivity contribution in [3.8, 4) is 5.75 Å². The standard InChI is InChI=1S/C12H14ClN3O3S/c1-8-11(7-16(2)15-8)20(18,19)14-6-9-4-3-5-10(13)12(9)17/h3-5,7,14,17H,6H2,1-2H3. The second-order valence-electron chi connectivity index (χ2n) is 4.32. The summed E-state index contributed by atoms with van der Waals surface area (Å²) in [6, 6.07) is 4.76. The molecule has 0 saturated carbocycles. The lowest BCUT2D eigenvalue weighted by Gasteiger charge is -2.08. The third-order valence-electron chi connectivity index (χ3n) is 2.78. The van der Waals surface area contributed by atoms with Crippen LogP contribution >= 0.6 is 11.6 Å². The molecule has 0 radical (unpaired) electrons. The van der Waals surface area contributed by atoms with Crippen LogP contribution in [0.4, 0.5) is 0 Å². The molecule has 2 aromatic rings. The second-order valence-corrected chi connectivity index (χ2v) is 6.47. The predicted molar refractivity (Wildman–Crippen MR) is 75.1 cm³/mol. The number of aryl methyl sites for hydroxylation is 2. The second kappa shape index (κ2) is 5.43. The minimum absolute atomic E-state index is 0.0525. The lowest BCUT2D eigenvalue weighted by Crippen LogP contribution is -2.23. The number of aromatic hydroxyl groups is 1. The minimum Gasteiger partial charge on any atom is -0.506 e. The van der Waals surface area contributed by atoms with Crippen LogP contribution in [-0.4, -0.2) is 23.3 Å². The van der Waals surface area contributed by atoms with Crippen LogP contribution in [0.1, 0.15) is 11.3 Å². The molecule has 0 aliphatic heterocycles. The summed E-state index contributed by atoms with van der Waals surface area (Å²) in [5.74, 6) is -0.125. The maximum Gasteiger partial charge on any atom is 0.244 e. The highest BCUT2D eigenvalue weighted by atomic mass is 35.5. The van der Waals surface area contributed by atoms with Gasteiger partial charge in [-0.15, -0.1) is 0 Å². The zero-order valence-electron chi connectivity index (χ0n) is 11.0. The number of phenols is 1. The van der Waals surface area contributed by atoms with Crippen LogP contribution in [0.2, 0.25) is 5.02 Å². The molecule has 2 rings (SSSR count). The van der Waals surface area contributed by atoms with Gasteiger partial charge in [-0.1, -0.05) is 23.7 Å². The SMILES string of the molecule is Cc1nn(C)cc1S(=O)(=O)NCc1cccc(Cl)c1O. The Morgan fingerprint density at radius 3 is 2.75 bits per heavy atom. The maximum absolute atomic E-state index is 12.2. The summed E-state index contributed by atoms with van der Waals surface area (Å²) < 4.78 is 28.2. The molecule has 1 aromatic carbocycles. The highest BCUT2D eigenvalue weighted by Gasteiger charge is 2.20. The monoisotopic (exact) mass is 315 g/mol. The van der Waals surface area contributed by atoms with E-state index in [9.17, 15) is 13.5 Å². The zero-order chi connectivity index (χ0) is 14.9. The molecule has 1 aromatic heterocycles. The van der Waals surface area contributed by atoms with Crippen LogP contribution in [-0.2, 0) is 23.6 Å². The minimum atomic E-state index is -3.69. The summed E-state index contributed by atoms with van der Waals surface area (Å²) in [4.78, 5) is 0.113. The van der Waals surface area contributed by atoms with Crippen molar-refractivity contribution in [2.24, 2.45) is 7.05 Å². The number of hydrogen-bond acceptors (Lipinski definition) is 4. The summed E-state index contributed by atoms with van der Waals surface area (Å²) >= 11 is 5.77. The molecule has 108 valence electrons. The predicted octanol–water partition coefficient (Wildman–Crippen LogP) is 1.57. The number of nitrogens with zero attached hydrogens (tertiary/aromatic N) is 2. The normalized spacial score (nSPS) is 11.8. The Hall–Kier alpha value is -1.57. The fourth-order valence-electron chi connectivity index (χ4n) is 1.79. The first kappa shape index (κ1) is 14.8. The fraction of sp³-hybridized carbons (Fsp3) is 0.250. The molecule has 2 N–H and O–H groups in total. The quantitative estimate of drug-likeness (QED) is 0.897. The van der Waals surface area contributed by atoms with Gasteiger partial charge in [-0.25, -0.2) is 13.1 Å². The number of phenolic OH excluding ortho intramolecular Hbond substituents is 1. The van der Waals surface area contributed by atoms with Gasteiger partial charge >= 0.3 is 0 Å². The van der Waals surface area contributed by atoms with Crippen molar-refractivity contribution >= 4 is 21.6 Å².